The summed E-state index contributed by atoms with van der Waals surface area (Å²) in [5.74, 6) is 2.82. The Hall–Kier alpha value is -4.01. The predicted molar refractivity (Wildman–Crippen MR) is 138 cm³/mol. The Balaban J connectivity index is 1.27. The van der Waals surface area contributed by atoms with E-state index in [-0.39, 0.29) is 6.17 Å². The molecule has 0 aliphatic carbocycles. The molecule has 8 nitrogen and oxygen atoms in total. The number of para-hydroxylation sites is 6. The number of nitrogens with one attached hydrogen (secondary N) is 3. The number of aromatic amines is 3. The van der Waals surface area contributed by atoms with Gasteiger partial charge < -0.3 is 15.0 Å². The third-order valence-electron chi connectivity index (χ3n) is 6.59. The fraction of sp³-hybridized carbons (Fsp3) is 0.222. The topological polar surface area (TPSA) is 92.5 Å². The summed E-state index contributed by atoms with van der Waals surface area (Å²) in [5, 5.41) is 0. The Morgan fingerprint density at radius 1 is 0.600 bits per heavy atom. The fourth-order valence-electron chi connectivity index (χ4n) is 4.59. The molecule has 3 aromatic heterocycles. The monoisotopic (exact) mass is 464 g/mol. The lowest BCUT2D eigenvalue weighted by atomic mass is 10.3. The number of nitrogens with zero attached hydrogens (tertiary/aromatic N) is 5. The molecule has 0 fully saturated rings. The van der Waals surface area contributed by atoms with E-state index in [2.05, 4.69) is 56.9 Å². The minimum Gasteiger partial charge on any atom is -0.341 e. The molecule has 1 unspecified atom stereocenters. The molecule has 0 bridgehead atoms. The SMILES string of the molecule is CC(N(C)Cc1nc2ccccc2[nH]1)N(Cc1nc2ccccc2[nH]1)Cc1nc2ccccc2[nH]1. The summed E-state index contributed by atoms with van der Waals surface area (Å²) >= 11 is 0. The molecule has 176 valence electrons. The van der Waals surface area contributed by atoms with Gasteiger partial charge in [-0.05, 0) is 50.4 Å². The Bertz CT molecular complexity index is 1420. The van der Waals surface area contributed by atoms with E-state index in [0.717, 1.165) is 50.6 Å². The number of aromatic nitrogens is 6. The van der Waals surface area contributed by atoms with Gasteiger partial charge >= 0.3 is 0 Å². The van der Waals surface area contributed by atoms with E-state index in [4.69, 9.17) is 15.0 Å². The Kier molecular flexibility index (Phi) is 5.52. The maximum Gasteiger partial charge on any atom is 0.121 e. The Morgan fingerprint density at radius 2 is 0.971 bits per heavy atom. The van der Waals surface area contributed by atoms with Gasteiger partial charge in [-0.1, -0.05) is 36.4 Å². The average molecular weight is 465 g/mol. The average Bonchev–Trinajstić information content (AvgIpc) is 3.58. The van der Waals surface area contributed by atoms with Crippen LogP contribution in [0.5, 0.6) is 0 Å². The molecule has 0 radical (unpaired) electrons. The summed E-state index contributed by atoms with van der Waals surface area (Å²) in [7, 11) is 2.13. The van der Waals surface area contributed by atoms with Gasteiger partial charge in [-0.15, -0.1) is 0 Å². The van der Waals surface area contributed by atoms with Crippen molar-refractivity contribution in [1.82, 2.24) is 39.7 Å². The molecular weight excluding hydrogens is 436 g/mol. The zero-order valence-corrected chi connectivity index (χ0v) is 19.9. The van der Waals surface area contributed by atoms with Crippen molar-refractivity contribution in [2.24, 2.45) is 0 Å². The van der Waals surface area contributed by atoms with Crippen LogP contribution in [0, 0.1) is 0 Å². The van der Waals surface area contributed by atoms with Gasteiger partial charge in [0, 0.05) is 0 Å². The van der Waals surface area contributed by atoms with Gasteiger partial charge in [0.25, 0.3) is 0 Å². The number of hydrogen-bond acceptors (Lipinski definition) is 5. The molecule has 0 aliphatic heterocycles. The van der Waals surface area contributed by atoms with Gasteiger partial charge in [-0.2, -0.15) is 0 Å². The second-order valence-electron chi connectivity index (χ2n) is 9.05. The molecular formula is C27H28N8. The van der Waals surface area contributed by atoms with Crippen molar-refractivity contribution in [3.63, 3.8) is 0 Å². The van der Waals surface area contributed by atoms with E-state index in [1.54, 1.807) is 0 Å². The quantitative estimate of drug-likeness (QED) is 0.282. The van der Waals surface area contributed by atoms with E-state index in [1.165, 1.54) is 0 Å². The zero-order chi connectivity index (χ0) is 23.8. The van der Waals surface area contributed by atoms with Crippen molar-refractivity contribution in [2.45, 2.75) is 32.7 Å². The van der Waals surface area contributed by atoms with Gasteiger partial charge in [0.05, 0.1) is 58.9 Å². The standard InChI is InChI=1S/C27H28N8/c1-18(34(2)15-25-28-19-9-3-4-10-20(19)29-25)35(16-26-30-21-11-5-6-12-22(21)31-26)17-27-32-23-13-7-8-14-24(23)33-27/h3-14,18H,15-17H2,1-2H3,(H,28,29)(H,30,31)(H,32,33). The molecule has 6 aromatic rings. The number of hydrogen-bond donors (Lipinski definition) is 3. The van der Waals surface area contributed by atoms with Crippen LogP contribution >= 0.6 is 0 Å². The first-order chi connectivity index (χ1) is 17.1. The van der Waals surface area contributed by atoms with Crippen LogP contribution in [0.25, 0.3) is 33.1 Å². The number of H-pyrrole nitrogens is 3. The van der Waals surface area contributed by atoms with Crippen LogP contribution in [0.1, 0.15) is 24.4 Å². The Morgan fingerprint density at radius 3 is 1.37 bits per heavy atom. The van der Waals surface area contributed by atoms with Gasteiger partial charge in [0.2, 0.25) is 0 Å². The minimum atomic E-state index is 0.102. The predicted octanol–water partition coefficient (Wildman–Crippen LogP) is 4.80. The van der Waals surface area contributed by atoms with Crippen molar-refractivity contribution in [1.29, 1.82) is 0 Å². The van der Waals surface area contributed by atoms with Crippen LogP contribution in [-0.4, -0.2) is 52.9 Å². The number of benzene rings is 3. The smallest absolute Gasteiger partial charge is 0.121 e. The first-order valence-electron chi connectivity index (χ1n) is 11.9. The highest BCUT2D eigenvalue weighted by molar-refractivity contribution is 5.76. The van der Waals surface area contributed by atoms with Crippen LogP contribution < -0.4 is 0 Å². The molecule has 8 heteroatoms. The second-order valence-corrected chi connectivity index (χ2v) is 9.05. The largest absolute Gasteiger partial charge is 0.341 e. The van der Waals surface area contributed by atoms with E-state index in [9.17, 15) is 0 Å². The van der Waals surface area contributed by atoms with Crippen LogP contribution in [0.4, 0.5) is 0 Å². The molecule has 3 aromatic carbocycles. The van der Waals surface area contributed by atoms with Gasteiger partial charge in [-0.3, -0.25) is 9.80 Å². The van der Waals surface area contributed by atoms with E-state index >= 15 is 0 Å². The van der Waals surface area contributed by atoms with Gasteiger partial charge in [0.15, 0.2) is 0 Å². The zero-order valence-electron chi connectivity index (χ0n) is 19.9. The summed E-state index contributed by atoms with van der Waals surface area (Å²) in [4.78, 5) is 29.5. The first kappa shape index (κ1) is 21.5. The third-order valence-corrected chi connectivity index (χ3v) is 6.59. The van der Waals surface area contributed by atoms with E-state index in [1.807, 2.05) is 54.6 Å². The fourth-order valence-corrected chi connectivity index (χ4v) is 4.59. The normalized spacial score (nSPS) is 13.0. The van der Waals surface area contributed by atoms with Gasteiger partial charge in [-0.25, -0.2) is 15.0 Å². The number of imidazole rings is 3. The van der Waals surface area contributed by atoms with Crippen molar-refractivity contribution in [3.8, 4) is 0 Å². The molecule has 0 spiro atoms. The van der Waals surface area contributed by atoms with Crippen molar-refractivity contribution >= 4 is 33.1 Å². The van der Waals surface area contributed by atoms with Crippen LogP contribution in [-0.2, 0) is 19.6 Å². The molecule has 6 rings (SSSR count). The lowest BCUT2D eigenvalue weighted by molar-refractivity contribution is 0.0511. The molecule has 0 amide bonds. The highest BCUT2D eigenvalue weighted by atomic mass is 15.4. The maximum atomic E-state index is 4.83. The summed E-state index contributed by atoms with van der Waals surface area (Å²) in [6.45, 7) is 4.25. The number of rotatable bonds is 8. The lowest BCUT2D eigenvalue weighted by Crippen LogP contribution is -2.44. The highest BCUT2D eigenvalue weighted by Crippen LogP contribution is 2.19. The summed E-state index contributed by atoms with van der Waals surface area (Å²) in [6, 6.07) is 24.4. The molecule has 0 aliphatic rings. The van der Waals surface area contributed by atoms with E-state index < -0.39 is 0 Å². The molecule has 3 N–H and O–H groups in total. The summed E-state index contributed by atoms with van der Waals surface area (Å²) < 4.78 is 0. The molecule has 0 saturated carbocycles. The van der Waals surface area contributed by atoms with Crippen LogP contribution in [0.3, 0.4) is 0 Å². The second kappa shape index (κ2) is 8.98. The van der Waals surface area contributed by atoms with Crippen molar-refractivity contribution in [2.75, 3.05) is 7.05 Å². The summed E-state index contributed by atoms with van der Waals surface area (Å²) in [5.41, 5.74) is 6.11. The van der Waals surface area contributed by atoms with E-state index in [0.29, 0.717) is 19.6 Å². The third kappa shape index (κ3) is 4.41. The maximum absolute atomic E-state index is 4.83. The molecule has 3 heterocycles. The van der Waals surface area contributed by atoms with Crippen LogP contribution in [0.2, 0.25) is 0 Å². The van der Waals surface area contributed by atoms with Crippen molar-refractivity contribution < 1.29 is 0 Å². The lowest BCUT2D eigenvalue weighted by Gasteiger charge is -2.34. The van der Waals surface area contributed by atoms with Gasteiger partial charge in [0.1, 0.15) is 17.5 Å². The number of fused-ring (bicyclic) bond motifs is 3. The Labute approximate surface area is 203 Å². The van der Waals surface area contributed by atoms with Crippen molar-refractivity contribution in [3.05, 3.63) is 90.3 Å². The molecule has 1 atom stereocenters. The summed E-state index contributed by atoms with van der Waals surface area (Å²) in [6.07, 6.45) is 0.102. The van der Waals surface area contributed by atoms with Crippen LogP contribution in [0.15, 0.2) is 72.8 Å². The first-order valence-corrected chi connectivity index (χ1v) is 11.9. The highest BCUT2D eigenvalue weighted by Gasteiger charge is 2.22. The minimum absolute atomic E-state index is 0.102. The molecule has 0 saturated heterocycles. The molecule has 35 heavy (non-hydrogen) atoms.